The molecule has 5 rings (SSSR count). The Balaban J connectivity index is 1.47. The Labute approximate surface area is 244 Å². The van der Waals surface area contributed by atoms with Crippen LogP contribution in [0, 0.1) is 0 Å². The van der Waals surface area contributed by atoms with Crippen molar-refractivity contribution in [1.82, 2.24) is 0 Å². The molecule has 0 spiro atoms. The molecule has 1 aliphatic rings. The van der Waals surface area contributed by atoms with Crippen molar-refractivity contribution in [2.75, 3.05) is 26.6 Å². The molecular weight excluding hydrogens is 566 g/mol. The van der Waals surface area contributed by atoms with Crippen molar-refractivity contribution in [3.63, 3.8) is 0 Å². The molecule has 13 nitrogen and oxygen atoms in total. The van der Waals surface area contributed by atoms with Crippen molar-refractivity contribution < 1.29 is 53.3 Å². The number of aliphatic hydroxyl groups is 3. The Bertz CT molecular complexity index is 1690. The number of benzene rings is 3. The Kier molecular flexibility index (Phi) is 8.41. The normalized spacial score (nSPS) is 21.7. The molecule has 5 atom stereocenters. The number of rotatable bonds is 8. The number of nitrogens with one attached hydrogen (secondary N) is 1. The van der Waals surface area contributed by atoms with Gasteiger partial charge in [-0.25, -0.2) is 0 Å². The summed E-state index contributed by atoms with van der Waals surface area (Å²) < 4.78 is 32.9. The van der Waals surface area contributed by atoms with E-state index in [4.69, 9.17) is 28.1 Å². The summed E-state index contributed by atoms with van der Waals surface area (Å²) in [5.74, 6) is -0.763. The number of hydrogen-bond donors (Lipinski definition) is 5. The SMILES string of the molecule is COc1ccc(-c2cc(=O)c3c(O)c(OC)c(OC4OC(C(=O)Nc5cccc(OC)c5)C(O)C(O)C4O)cc3o2)cc1. The molecule has 1 aromatic heterocycles. The summed E-state index contributed by atoms with van der Waals surface area (Å²) in [5.41, 5.74) is 0.202. The number of hydrogen-bond acceptors (Lipinski definition) is 12. The Morgan fingerprint density at radius 2 is 1.58 bits per heavy atom. The second kappa shape index (κ2) is 12.2. The fourth-order valence-corrected chi connectivity index (χ4v) is 4.65. The van der Waals surface area contributed by atoms with E-state index in [0.717, 1.165) is 0 Å². The molecule has 2 heterocycles. The highest BCUT2D eigenvalue weighted by molar-refractivity contribution is 5.95. The van der Waals surface area contributed by atoms with E-state index in [1.54, 1.807) is 42.5 Å². The van der Waals surface area contributed by atoms with Gasteiger partial charge in [0.1, 0.15) is 46.5 Å². The van der Waals surface area contributed by atoms with Crippen molar-refractivity contribution in [3.8, 4) is 40.1 Å². The molecule has 43 heavy (non-hydrogen) atoms. The summed E-state index contributed by atoms with van der Waals surface area (Å²) in [4.78, 5) is 26.0. The number of aromatic hydroxyl groups is 1. The minimum atomic E-state index is -1.86. The zero-order valence-corrected chi connectivity index (χ0v) is 23.2. The molecule has 1 aliphatic heterocycles. The first-order chi connectivity index (χ1) is 20.6. The van der Waals surface area contributed by atoms with Gasteiger partial charge >= 0.3 is 0 Å². The van der Waals surface area contributed by atoms with E-state index in [1.807, 2.05) is 0 Å². The topological polar surface area (TPSA) is 186 Å². The van der Waals surface area contributed by atoms with Crippen LogP contribution in [0.2, 0.25) is 0 Å². The summed E-state index contributed by atoms with van der Waals surface area (Å²) in [6, 6.07) is 15.6. The van der Waals surface area contributed by atoms with E-state index >= 15 is 0 Å². The van der Waals surface area contributed by atoms with Gasteiger partial charge < -0.3 is 53.8 Å². The Hall–Kier alpha value is -4.82. The van der Waals surface area contributed by atoms with Crippen LogP contribution in [0.15, 0.2) is 69.9 Å². The summed E-state index contributed by atoms with van der Waals surface area (Å²) >= 11 is 0. The summed E-state index contributed by atoms with van der Waals surface area (Å²) in [5, 5.41) is 45.0. The third-order valence-electron chi connectivity index (χ3n) is 6.90. The highest BCUT2D eigenvalue weighted by Crippen LogP contribution is 2.43. The van der Waals surface area contributed by atoms with E-state index in [0.29, 0.717) is 22.7 Å². The molecule has 0 saturated carbocycles. The molecule has 4 aromatic rings. The quantitative estimate of drug-likeness (QED) is 0.200. The number of phenolic OH excluding ortho intramolecular Hbond substituents is 1. The van der Waals surface area contributed by atoms with E-state index in [1.165, 1.54) is 39.5 Å². The first-order valence-electron chi connectivity index (χ1n) is 13.0. The van der Waals surface area contributed by atoms with E-state index in [9.17, 15) is 30.0 Å². The number of aliphatic hydroxyl groups excluding tert-OH is 3. The molecule has 0 bridgehead atoms. The van der Waals surface area contributed by atoms with E-state index in [2.05, 4.69) is 5.32 Å². The fraction of sp³-hybridized carbons (Fsp3) is 0.267. The van der Waals surface area contributed by atoms with Crippen LogP contribution in [0.3, 0.4) is 0 Å². The maximum Gasteiger partial charge on any atom is 0.256 e. The smallest absolute Gasteiger partial charge is 0.256 e. The molecule has 1 fully saturated rings. The van der Waals surface area contributed by atoms with Crippen molar-refractivity contribution >= 4 is 22.6 Å². The van der Waals surface area contributed by atoms with Gasteiger partial charge in [0.2, 0.25) is 12.0 Å². The lowest BCUT2D eigenvalue weighted by molar-refractivity contribution is -0.265. The minimum absolute atomic E-state index is 0.0928. The van der Waals surface area contributed by atoms with Gasteiger partial charge in [-0.15, -0.1) is 0 Å². The zero-order valence-electron chi connectivity index (χ0n) is 23.2. The third-order valence-corrected chi connectivity index (χ3v) is 6.90. The maximum atomic E-state index is 13.0. The number of phenols is 1. The molecule has 13 heteroatoms. The molecule has 1 amide bonds. The fourth-order valence-electron chi connectivity index (χ4n) is 4.65. The molecule has 0 radical (unpaired) electrons. The third kappa shape index (κ3) is 5.79. The van der Waals surface area contributed by atoms with E-state index < -0.39 is 47.8 Å². The number of ether oxygens (including phenoxy) is 5. The second-order valence-electron chi connectivity index (χ2n) is 9.57. The lowest BCUT2D eigenvalue weighted by Gasteiger charge is -2.39. The van der Waals surface area contributed by atoms with Crippen molar-refractivity contribution in [3.05, 3.63) is 70.9 Å². The number of methoxy groups -OCH3 is 3. The van der Waals surface area contributed by atoms with Crippen molar-refractivity contribution in [2.24, 2.45) is 0 Å². The van der Waals surface area contributed by atoms with Gasteiger partial charge in [0.15, 0.2) is 23.0 Å². The molecule has 0 aliphatic carbocycles. The van der Waals surface area contributed by atoms with Gasteiger partial charge in [-0.1, -0.05) is 6.07 Å². The van der Waals surface area contributed by atoms with Crippen LogP contribution in [0.1, 0.15) is 0 Å². The van der Waals surface area contributed by atoms with Gasteiger partial charge in [-0.05, 0) is 36.4 Å². The van der Waals surface area contributed by atoms with Crippen LogP contribution in [0.4, 0.5) is 5.69 Å². The number of carbonyl (C=O) groups is 1. The number of anilines is 1. The average Bonchev–Trinajstić information content (AvgIpc) is 3.01. The molecule has 5 N–H and O–H groups in total. The van der Waals surface area contributed by atoms with Gasteiger partial charge in [0.05, 0.1) is 21.3 Å². The summed E-state index contributed by atoms with van der Waals surface area (Å²) in [6.07, 6.45) is -8.94. The number of carbonyl (C=O) groups excluding carboxylic acids is 1. The minimum Gasteiger partial charge on any atom is -0.504 e. The highest BCUT2D eigenvalue weighted by Gasteiger charge is 2.48. The predicted octanol–water partition coefficient (Wildman–Crippen LogP) is 2.02. The van der Waals surface area contributed by atoms with Crippen LogP contribution in [0.5, 0.6) is 28.7 Å². The van der Waals surface area contributed by atoms with Gasteiger partial charge in [-0.3, -0.25) is 9.59 Å². The van der Waals surface area contributed by atoms with Crippen LogP contribution in [0.25, 0.3) is 22.3 Å². The second-order valence-corrected chi connectivity index (χ2v) is 9.57. The largest absolute Gasteiger partial charge is 0.504 e. The number of fused-ring (bicyclic) bond motifs is 1. The number of amides is 1. The first kappa shape index (κ1) is 29.7. The maximum absolute atomic E-state index is 13.0. The van der Waals surface area contributed by atoms with Crippen molar-refractivity contribution in [2.45, 2.75) is 30.7 Å². The average molecular weight is 596 g/mol. The summed E-state index contributed by atoms with van der Waals surface area (Å²) in [6.45, 7) is 0. The van der Waals surface area contributed by atoms with Crippen LogP contribution >= 0.6 is 0 Å². The van der Waals surface area contributed by atoms with Gasteiger partial charge in [-0.2, -0.15) is 0 Å². The highest BCUT2D eigenvalue weighted by atomic mass is 16.7. The van der Waals surface area contributed by atoms with Gasteiger partial charge in [0, 0.05) is 29.4 Å². The summed E-state index contributed by atoms with van der Waals surface area (Å²) in [7, 11) is 4.19. The van der Waals surface area contributed by atoms with Crippen LogP contribution < -0.4 is 29.7 Å². The standard InChI is InChI=1S/C30H29NO12/c1-38-16-9-7-14(8-10-16)19-12-18(32)22-20(41-19)13-21(27(40-3)23(22)33)42-30-26(36)24(34)25(35)28(43-30)29(37)31-15-5-4-6-17(11-15)39-2/h4-13,24-26,28,30,33-36H,1-3H3,(H,31,37). The van der Waals surface area contributed by atoms with Gasteiger partial charge in [0.25, 0.3) is 5.91 Å². The first-order valence-corrected chi connectivity index (χ1v) is 13.0. The Morgan fingerprint density at radius 3 is 2.26 bits per heavy atom. The lowest BCUT2D eigenvalue weighted by atomic mass is 9.98. The molecular formula is C30H29NO12. The molecule has 3 aromatic carbocycles. The monoisotopic (exact) mass is 595 g/mol. The molecule has 226 valence electrons. The lowest BCUT2D eigenvalue weighted by Crippen LogP contribution is -2.62. The molecule has 1 saturated heterocycles. The van der Waals surface area contributed by atoms with Crippen molar-refractivity contribution in [1.29, 1.82) is 0 Å². The zero-order chi connectivity index (χ0) is 30.8. The van der Waals surface area contributed by atoms with Crippen LogP contribution in [-0.4, -0.2) is 78.4 Å². The Morgan fingerprint density at radius 1 is 0.860 bits per heavy atom. The molecule has 5 unspecified atom stereocenters. The van der Waals surface area contributed by atoms with E-state index in [-0.39, 0.29) is 28.2 Å². The van der Waals surface area contributed by atoms with Crippen LogP contribution in [-0.2, 0) is 9.53 Å². The predicted molar refractivity (Wildman–Crippen MR) is 152 cm³/mol.